The zero-order chi connectivity index (χ0) is 22.9. The van der Waals surface area contributed by atoms with E-state index >= 15 is 0 Å². The first-order chi connectivity index (χ1) is 16.0. The van der Waals surface area contributed by atoms with Gasteiger partial charge in [-0.3, -0.25) is 13.9 Å². The van der Waals surface area contributed by atoms with Crippen LogP contribution in [0.5, 0.6) is 0 Å². The predicted molar refractivity (Wildman–Crippen MR) is 138 cm³/mol. The molecule has 5 aromatic rings. The van der Waals surface area contributed by atoms with Crippen molar-refractivity contribution in [3.63, 3.8) is 0 Å². The van der Waals surface area contributed by atoms with E-state index < -0.39 is 0 Å². The Hall–Kier alpha value is -3.27. The molecule has 0 amide bonds. The summed E-state index contributed by atoms with van der Waals surface area (Å²) in [5, 5.41) is 9.34. The van der Waals surface area contributed by atoms with Gasteiger partial charge in [0.15, 0.2) is 15.6 Å². The first-order valence-corrected chi connectivity index (χ1v) is 12.0. The van der Waals surface area contributed by atoms with E-state index in [1.807, 2.05) is 85.8 Å². The molecule has 0 aliphatic rings. The van der Waals surface area contributed by atoms with Gasteiger partial charge in [0.25, 0.3) is 5.56 Å². The molecule has 0 bridgehead atoms. The molecule has 6 nitrogen and oxygen atoms in total. The van der Waals surface area contributed by atoms with Crippen molar-refractivity contribution in [2.75, 3.05) is 0 Å². The SMILES string of the molecule is Cc1c(N=Nc2ccc(Br)cc2)c(=O)n(-c2ccccc2)c(=S)n1-c1nc2ccccc2s1. The Morgan fingerprint density at radius 1 is 0.909 bits per heavy atom. The molecule has 5 rings (SSSR count). The van der Waals surface area contributed by atoms with Crippen LogP contribution in [0, 0.1) is 11.7 Å². The number of benzene rings is 3. The third-order valence-electron chi connectivity index (χ3n) is 5.05. The standard InChI is InChI=1S/C24H16BrN5OS2/c1-15-21(28-27-17-13-11-16(25)12-14-17)22(31)30(18-7-3-2-4-8-18)24(32)29(15)23-26-19-9-5-6-10-20(19)33-23/h2-14H,1H3. The van der Waals surface area contributed by atoms with Crippen LogP contribution in [0.4, 0.5) is 11.4 Å². The second kappa shape index (κ2) is 8.93. The molecule has 0 spiro atoms. The summed E-state index contributed by atoms with van der Waals surface area (Å²) in [7, 11) is 0. The summed E-state index contributed by atoms with van der Waals surface area (Å²) >= 11 is 10.7. The van der Waals surface area contributed by atoms with E-state index in [1.54, 1.807) is 4.57 Å². The van der Waals surface area contributed by atoms with Gasteiger partial charge in [0.05, 0.1) is 27.3 Å². The van der Waals surface area contributed by atoms with E-state index in [1.165, 1.54) is 15.9 Å². The molecule has 0 saturated heterocycles. The van der Waals surface area contributed by atoms with Crippen LogP contribution in [0.2, 0.25) is 0 Å². The zero-order valence-corrected chi connectivity index (χ0v) is 20.6. The van der Waals surface area contributed by atoms with E-state index in [0.717, 1.165) is 14.7 Å². The van der Waals surface area contributed by atoms with Gasteiger partial charge in [0.1, 0.15) is 0 Å². The Kier molecular flexibility index (Phi) is 5.84. The van der Waals surface area contributed by atoms with Crippen molar-refractivity contribution in [3.8, 4) is 10.8 Å². The summed E-state index contributed by atoms with van der Waals surface area (Å²) in [6.07, 6.45) is 0. The van der Waals surface area contributed by atoms with Gasteiger partial charge in [-0.05, 0) is 67.7 Å². The fourth-order valence-electron chi connectivity index (χ4n) is 3.41. The molecule has 2 heterocycles. The normalized spacial score (nSPS) is 11.5. The van der Waals surface area contributed by atoms with Gasteiger partial charge in [-0.2, -0.15) is 5.11 Å². The predicted octanol–water partition coefficient (Wildman–Crippen LogP) is 7.45. The van der Waals surface area contributed by atoms with Crippen LogP contribution in [0.1, 0.15) is 5.69 Å². The molecular formula is C24H16BrN5OS2. The van der Waals surface area contributed by atoms with Gasteiger partial charge < -0.3 is 0 Å². The Bertz CT molecular complexity index is 1590. The van der Waals surface area contributed by atoms with Gasteiger partial charge in [-0.25, -0.2) is 4.98 Å². The fourth-order valence-corrected chi connectivity index (χ4v) is 5.17. The number of aromatic nitrogens is 3. The maximum absolute atomic E-state index is 13.5. The highest BCUT2D eigenvalue weighted by Gasteiger charge is 2.19. The van der Waals surface area contributed by atoms with Crippen molar-refractivity contribution in [3.05, 3.63) is 104 Å². The maximum Gasteiger partial charge on any atom is 0.286 e. The lowest BCUT2D eigenvalue weighted by molar-refractivity contribution is 0.806. The quantitative estimate of drug-likeness (QED) is 0.178. The highest BCUT2D eigenvalue weighted by Crippen LogP contribution is 2.29. The number of azo groups is 1. The minimum absolute atomic E-state index is 0.203. The molecule has 0 fully saturated rings. The molecule has 162 valence electrons. The van der Waals surface area contributed by atoms with Crippen molar-refractivity contribution in [1.82, 2.24) is 14.1 Å². The summed E-state index contributed by atoms with van der Waals surface area (Å²) in [5.74, 6) is 0. The topological polar surface area (TPSA) is 64.5 Å². The Balaban J connectivity index is 1.78. The first-order valence-electron chi connectivity index (χ1n) is 10.0. The summed E-state index contributed by atoms with van der Waals surface area (Å²) in [5.41, 5.74) is 2.61. The molecule has 0 radical (unpaired) electrons. The number of halogens is 1. The molecule has 0 saturated carbocycles. The zero-order valence-electron chi connectivity index (χ0n) is 17.3. The summed E-state index contributed by atoms with van der Waals surface area (Å²) in [4.78, 5) is 18.3. The van der Waals surface area contributed by atoms with E-state index in [4.69, 9.17) is 17.2 Å². The summed E-state index contributed by atoms with van der Waals surface area (Å²) in [6.45, 7) is 1.81. The molecule has 9 heteroatoms. The Morgan fingerprint density at radius 3 is 2.33 bits per heavy atom. The van der Waals surface area contributed by atoms with Crippen LogP contribution in [0.15, 0.2) is 98.4 Å². The Morgan fingerprint density at radius 2 is 1.61 bits per heavy atom. The van der Waals surface area contributed by atoms with E-state index in [9.17, 15) is 4.79 Å². The third kappa shape index (κ3) is 4.10. The minimum Gasteiger partial charge on any atom is -0.266 e. The monoisotopic (exact) mass is 533 g/mol. The average molecular weight is 534 g/mol. The van der Waals surface area contributed by atoms with Crippen LogP contribution in [-0.2, 0) is 0 Å². The van der Waals surface area contributed by atoms with Crippen LogP contribution in [0.25, 0.3) is 21.0 Å². The average Bonchev–Trinajstić information content (AvgIpc) is 3.24. The molecule has 0 aliphatic carbocycles. The van der Waals surface area contributed by atoms with Crippen molar-refractivity contribution in [1.29, 1.82) is 0 Å². The molecular weight excluding hydrogens is 518 g/mol. The van der Waals surface area contributed by atoms with Crippen molar-refractivity contribution >= 4 is 61.1 Å². The summed E-state index contributed by atoms with van der Waals surface area (Å²) < 4.78 is 5.57. The number of thiazole rings is 1. The lowest BCUT2D eigenvalue weighted by Gasteiger charge is -2.15. The molecule has 0 aliphatic heterocycles. The molecule has 33 heavy (non-hydrogen) atoms. The number of hydrogen-bond acceptors (Lipinski definition) is 6. The van der Waals surface area contributed by atoms with Gasteiger partial charge >= 0.3 is 0 Å². The third-order valence-corrected chi connectivity index (χ3v) is 6.96. The van der Waals surface area contributed by atoms with Gasteiger partial charge in [0, 0.05) is 4.47 Å². The first kappa shape index (κ1) is 21.6. The largest absolute Gasteiger partial charge is 0.286 e. The van der Waals surface area contributed by atoms with Gasteiger partial charge in [-0.1, -0.05) is 57.6 Å². The fraction of sp³-hybridized carbons (Fsp3) is 0.0417. The van der Waals surface area contributed by atoms with Crippen LogP contribution >= 0.6 is 39.5 Å². The smallest absolute Gasteiger partial charge is 0.266 e. The van der Waals surface area contributed by atoms with Crippen LogP contribution in [0.3, 0.4) is 0 Å². The van der Waals surface area contributed by atoms with E-state index in [0.29, 0.717) is 27.0 Å². The van der Waals surface area contributed by atoms with Crippen molar-refractivity contribution in [2.24, 2.45) is 10.2 Å². The molecule has 0 N–H and O–H groups in total. The highest BCUT2D eigenvalue weighted by atomic mass is 79.9. The molecule has 3 aromatic carbocycles. The van der Waals surface area contributed by atoms with Crippen LogP contribution < -0.4 is 5.56 Å². The van der Waals surface area contributed by atoms with Crippen molar-refractivity contribution in [2.45, 2.75) is 6.92 Å². The minimum atomic E-state index is -0.332. The van der Waals surface area contributed by atoms with E-state index in [2.05, 4.69) is 26.2 Å². The molecule has 2 aromatic heterocycles. The molecule has 0 unspecified atom stereocenters. The van der Waals surface area contributed by atoms with Gasteiger partial charge in [0.2, 0.25) is 0 Å². The number of fused-ring (bicyclic) bond motifs is 1. The van der Waals surface area contributed by atoms with Gasteiger partial charge in [-0.15, -0.1) is 5.11 Å². The second-order valence-corrected chi connectivity index (χ2v) is 9.46. The molecule has 0 atom stereocenters. The number of para-hydroxylation sites is 2. The number of nitrogens with zero attached hydrogens (tertiary/aromatic N) is 5. The highest BCUT2D eigenvalue weighted by molar-refractivity contribution is 9.10. The number of hydrogen-bond donors (Lipinski definition) is 0. The van der Waals surface area contributed by atoms with Crippen molar-refractivity contribution < 1.29 is 0 Å². The number of rotatable bonds is 4. The Labute approximate surface area is 206 Å². The van der Waals surface area contributed by atoms with Crippen LogP contribution in [-0.4, -0.2) is 14.1 Å². The maximum atomic E-state index is 13.5. The van der Waals surface area contributed by atoms with E-state index in [-0.39, 0.29) is 11.2 Å². The lowest BCUT2D eigenvalue weighted by Crippen LogP contribution is -2.24. The second-order valence-electron chi connectivity index (χ2n) is 7.17. The lowest BCUT2D eigenvalue weighted by atomic mass is 10.3. The summed E-state index contributed by atoms with van der Waals surface area (Å²) in [6, 6.07) is 24.6.